The Hall–Kier alpha value is -0.930. The Morgan fingerprint density at radius 1 is 1.43 bits per heavy atom. The fraction of sp³-hybridized carbons (Fsp3) is 0.545. The zero-order valence-electron chi connectivity index (χ0n) is 8.07. The summed E-state index contributed by atoms with van der Waals surface area (Å²) in [7, 11) is 0. The molecule has 0 aliphatic carbocycles. The number of pyridine rings is 1. The van der Waals surface area contributed by atoms with E-state index in [0.717, 1.165) is 19.5 Å². The summed E-state index contributed by atoms with van der Waals surface area (Å²) in [6.45, 7) is 1.94. The topological polar surface area (TPSA) is 34.1 Å². The molecule has 14 heavy (non-hydrogen) atoms. The lowest BCUT2D eigenvalue weighted by molar-refractivity contribution is -0.0686. The Morgan fingerprint density at radius 2 is 2.29 bits per heavy atom. The molecule has 2 unspecified atom stereocenters. The fourth-order valence-electron chi connectivity index (χ4n) is 2.51. The third-order valence-corrected chi connectivity index (χ3v) is 3.25. The van der Waals surface area contributed by atoms with Gasteiger partial charge in [0.2, 0.25) is 0 Å². The molecular formula is C11H14N2O. The van der Waals surface area contributed by atoms with Crippen LogP contribution in [0.1, 0.15) is 18.4 Å². The molecule has 0 radical (unpaired) electrons. The van der Waals surface area contributed by atoms with Crippen molar-refractivity contribution in [3.8, 4) is 0 Å². The van der Waals surface area contributed by atoms with Crippen LogP contribution in [-0.2, 0) is 10.3 Å². The van der Waals surface area contributed by atoms with E-state index in [-0.39, 0.29) is 5.60 Å². The minimum Gasteiger partial charge on any atom is -0.364 e. The predicted molar refractivity (Wildman–Crippen MR) is 52.9 cm³/mol. The van der Waals surface area contributed by atoms with Crippen molar-refractivity contribution in [3.05, 3.63) is 30.1 Å². The molecule has 0 aromatic carbocycles. The second-order valence-electron chi connectivity index (χ2n) is 4.14. The molecular weight excluding hydrogens is 176 g/mol. The Labute approximate surface area is 83.5 Å². The van der Waals surface area contributed by atoms with Crippen LogP contribution in [0.15, 0.2) is 24.5 Å². The van der Waals surface area contributed by atoms with Crippen molar-refractivity contribution < 1.29 is 4.74 Å². The molecule has 2 bridgehead atoms. The first kappa shape index (κ1) is 8.38. The first-order valence-electron chi connectivity index (χ1n) is 5.18. The van der Waals surface area contributed by atoms with E-state index in [1.165, 1.54) is 12.0 Å². The lowest BCUT2D eigenvalue weighted by atomic mass is 9.92. The molecule has 0 amide bonds. The van der Waals surface area contributed by atoms with Gasteiger partial charge in [-0.25, -0.2) is 0 Å². The van der Waals surface area contributed by atoms with E-state index in [9.17, 15) is 0 Å². The number of rotatable bonds is 1. The summed E-state index contributed by atoms with van der Waals surface area (Å²) in [5.41, 5.74) is 1.20. The van der Waals surface area contributed by atoms with E-state index >= 15 is 0 Å². The first-order chi connectivity index (χ1) is 6.89. The monoisotopic (exact) mass is 190 g/mol. The van der Waals surface area contributed by atoms with Crippen molar-refractivity contribution in [1.82, 2.24) is 10.3 Å². The van der Waals surface area contributed by atoms with Gasteiger partial charge in [-0.15, -0.1) is 0 Å². The summed E-state index contributed by atoms with van der Waals surface area (Å²) in [4.78, 5) is 4.04. The van der Waals surface area contributed by atoms with Crippen molar-refractivity contribution in [2.24, 2.45) is 0 Å². The highest BCUT2D eigenvalue weighted by atomic mass is 16.5. The van der Waals surface area contributed by atoms with Crippen molar-refractivity contribution >= 4 is 0 Å². The molecule has 2 aliphatic heterocycles. The molecule has 3 rings (SSSR count). The number of nitrogens with one attached hydrogen (secondary N) is 1. The maximum atomic E-state index is 6.08. The third kappa shape index (κ3) is 1.16. The van der Waals surface area contributed by atoms with Gasteiger partial charge in [0, 0.05) is 25.5 Å². The van der Waals surface area contributed by atoms with E-state index < -0.39 is 0 Å². The van der Waals surface area contributed by atoms with Gasteiger partial charge in [-0.3, -0.25) is 4.98 Å². The van der Waals surface area contributed by atoms with Crippen molar-refractivity contribution in [3.63, 3.8) is 0 Å². The van der Waals surface area contributed by atoms with E-state index in [2.05, 4.69) is 22.4 Å². The first-order valence-corrected chi connectivity index (χ1v) is 5.18. The largest absolute Gasteiger partial charge is 0.364 e. The van der Waals surface area contributed by atoms with Crippen LogP contribution in [0.2, 0.25) is 0 Å². The number of aromatic nitrogens is 1. The van der Waals surface area contributed by atoms with Crippen LogP contribution in [0.3, 0.4) is 0 Å². The highest BCUT2D eigenvalue weighted by Crippen LogP contribution is 2.40. The van der Waals surface area contributed by atoms with Gasteiger partial charge in [0.05, 0.1) is 6.10 Å². The zero-order valence-corrected chi connectivity index (χ0v) is 8.07. The van der Waals surface area contributed by atoms with Crippen LogP contribution in [0, 0.1) is 0 Å². The molecule has 3 heteroatoms. The van der Waals surface area contributed by atoms with Crippen LogP contribution in [0.25, 0.3) is 0 Å². The fourth-order valence-corrected chi connectivity index (χ4v) is 2.51. The van der Waals surface area contributed by atoms with Gasteiger partial charge in [0.25, 0.3) is 0 Å². The molecule has 2 atom stereocenters. The summed E-state index contributed by atoms with van der Waals surface area (Å²) in [6.07, 6.45) is 6.41. The zero-order chi connectivity index (χ0) is 9.43. The van der Waals surface area contributed by atoms with Gasteiger partial charge in [0.15, 0.2) is 0 Å². The number of ether oxygens (including phenoxy) is 1. The minimum absolute atomic E-state index is 0.0636. The second-order valence-corrected chi connectivity index (χ2v) is 4.14. The normalized spacial score (nSPS) is 35.9. The molecule has 3 nitrogen and oxygen atoms in total. The molecule has 1 N–H and O–H groups in total. The molecule has 2 aliphatic rings. The summed E-state index contributed by atoms with van der Waals surface area (Å²) >= 11 is 0. The standard InChI is InChI=1S/C11H14N2O/c1-4-11(8-13-7-10(1)14-11)9-2-5-12-6-3-9/h2-3,5-6,10,13H,1,4,7-8H2. The van der Waals surface area contributed by atoms with Gasteiger partial charge >= 0.3 is 0 Å². The Kier molecular flexibility index (Phi) is 1.82. The third-order valence-electron chi connectivity index (χ3n) is 3.25. The lowest BCUT2D eigenvalue weighted by Gasteiger charge is -2.34. The average molecular weight is 190 g/mol. The van der Waals surface area contributed by atoms with Crippen LogP contribution in [0.5, 0.6) is 0 Å². The summed E-state index contributed by atoms with van der Waals surface area (Å²) in [6, 6.07) is 4.13. The van der Waals surface area contributed by atoms with E-state index in [1.807, 2.05) is 12.4 Å². The van der Waals surface area contributed by atoms with Gasteiger partial charge in [-0.05, 0) is 30.5 Å². The van der Waals surface area contributed by atoms with Crippen LogP contribution in [0.4, 0.5) is 0 Å². The summed E-state index contributed by atoms with van der Waals surface area (Å²) in [5.74, 6) is 0. The van der Waals surface area contributed by atoms with Crippen LogP contribution >= 0.6 is 0 Å². The number of fused-ring (bicyclic) bond motifs is 2. The highest BCUT2D eigenvalue weighted by Gasteiger charge is 2.44. The maximum absolute atomic E-state index is 6.08. The van der Waals surface area contributed by atoms with Crippen molar-refractivity contribution in [2.75, 3.05) is 13.1 Å². The maximum Gasteiger partial charge on any atom is 0.106 e. The Bertz CT molecular complexity index is 323. The lowest BCUT2D eigenvalue weighted by Crippen LogP contribution is -2.46. The Morgan fingerprint density at radius 3 is 3.14 bits per heavy atom. The molecule has 2 fully saturated rings. The molecule has 1 aromatic rings. The smallest absolute Gasteiger partial charge is 0.106 e. The number of nitrogens with zero attached hydrogens (tertiary/aromatic N) is 1. The SMILES string of the molecule is c1cc(C23CCC(CNC2)O3)ccn1. The molecule has 2 saturated heterocycles. The number of hydrogen-bond donors (Lipinski definition) is 1. The van der Waals surface area contributed by atoms with Crippen LogP contribution < -0.4 is 5.32 Å². The summed E-state index contributed by atoms with van der Waals surface area (Å²) < 4.78 is 6.08. The quantitative estimate of drug-likeness (QED) is 0.719. The predicted octanol–water partition coefficient (Wildman–Crippen LogP) is 1.06. The summed E-state index contributed by atoms with van der Waals surface area (Å²) in [5, 5.41) is 3.44. The van der Waals surface area contributed by atoms with Gasteiger partial charge < -0.3 is 10.1 Å². The van der Waals surface area contributed by atoms with Crippen molar-refractivity contribution in [1.29, 1.82) is 0 Å². The van der Waals surface area contributed by atoms with Gasteiger partial charge in [-0.1, -0.05) is 0 Å². The second kappa shape index (κ2) is 3.04. The van der Waals surface area contributed by atoms with Gasteiger partial charge in [-0.2, -0.15) is 0 Å². The van der Waals surface area contributed by atoms with E-state index in [4.69, 9.17) is 4.74 Å². The number of morpholine rings is 1. The molecule has 3 heterocycles. The van der Waals surface area contributed by atoms with E-state index in [1.54, 1.807) is 0 Å². The highest BCUT2D eigenvalue weighted by molar-refractivity contribution is 5.22. The van der Waals surface area contributed by atoms with Crippen molar-refractivity contribution in [2.45, 2.75) is 24.5 Å². The average Bonchev–Trinajstić information content (AvgIpc) is 2.57. The molecule has 0 saturated carbocycles. The molecule has 0 spiro atoms. The molecule has 1 aromatic heterocycles. The molecule has 74 valence electrons. The van der Waals surface area contributed by atoms with E-state index in [0.29, 0.717) is 6.10 Å². The Balaban J connectivity index is 1.97. The van der Waals surface area contributed by atoms with Crippen LogP contribution in [-0.4, -0.2) is 24.2 Å². The van der Waals surface area contributed by atoms with Gasteiger partial charge in [0.1, 0.15) is 5.60 Å². The minimum atomic E-state index is -0.0636. The number of hydrogen-bond acceptors (Lipinski definition) is 3.